The van der Waals surface area contributed by atoms with Crippen LogP contribution in [0.15, 0.2) is 46.9 Å². The molecule has 2 rings (SSSR count). The summed E-state index contributed by atoms with van der Waals surface area (Å²) in [6.07, 6.45) is 0. The molecule has 0 radical (unpaired) electrons. The molecule has 2 aromatic rings. The summed E-state index contributed by atoms with van der Waals surface area (Å²) in [6, 6.07) is 12.7. The molecule has 2 aromatic carbocycles. The molecule has 0 fully saturated rings. The molecule has 0 aromatic heterocycles. The molecule has 0 saturated heterocycles. The fraction of sp³-hybridized carbons (Fsp3) is 0.143. The summed E-state index contributed by atoms with van der Waals surface area (Å²) < 4.78 is 19.8. The normalized spacial score (nSPS) is 10.3. The number of rotatable bonds is 3. The molecular formula is C14H12BrFO. The second kappa shape index (κ2) is 5.32. The van der Waals surface area contributed by atoms with E-state index in [-0.39, 0.29) is 5.82 Å². The molecule has 0 N–H and O–H groups in total. The van der Waals surface area contributed by atoms with E-state index in [1.54, 1.807) is 19.1 Å². The van der Waals surface area contributed by atoms with Gasteiger partial charge in [-0.3, -0.25) is 0 Å². The van der Waals surface area contributed by atoms with E-state index in [4.69, 9.17) is 4.74 Å². The minimum Gasteiger partial charge on any atom is -0.489 e. The van der Waals surface area contributed by atoms with Gasteiger partial charge < -0.3 is 4.74 Å². The molecule has 17 heavy (non-hydrogen) atoms. The van der Waals surface area contributed by atoms with Crippen LogP contribution in [0.4, 0.5) is 4.39 Å². The summed E-state index contributed by atoms with van der Waals surface area (Å²) >= 11 is 3.39. The molecule has 3 heteroatoms. The van der Waals surface area contributed by atoms with Gasteiger partial charge in [0.2, 0.25) is 0 Å². The summed E-state index contributed by atoms with van der Waals surface area (Å²) in [7, 11) is 0. The third-order valence-electron chi connectivity index (χ3n) is 2.44. The van der Waals surface area contributed by atoms with Crippen molar-refractivity contribution in [3.8, 4) is 5.75 Å². The van der Waals surface area contributed by atoms with Crippen LogP contribution in [0, 0.1) is 12.7 Å². The molecule has 88 valence electrons. The molecule has 0 unspecified atom stereocenters. The van der Waals surface area contributed by atoms with Gasteiger partial charge >= 0.3 is 0 Å². The van der Waals surface area contributed by atoms with Gasteiger partial charge in [-0.15, -0.1) is 0 Å². The van der Waals surface area contributed by atoms with E-state index in [1.807, 2.05) is 24.3 Å². The molecule has 0 spiro atoms. The quantitative estimate of drug-likeness (QED) is 0.811. The maximum Gasteiger partial charge on any atom is 0.129 e. The monoisotopic (exact) mass is 294 g/mol. The van der Waals surface area contributed by atoms with Crippen LogP contribution in [-0.2, 0) is 6.61 Å². The van der Waals surface area contributed by atoms with Gasteiger partial charge in [0.15, 0.2) is 0 Å². The molecule has 0 saturated carbocycles. The maximum absolute atomic E-state index is 13.3. The Morgan fingerprint density at radius 1 is 1.18 bits per heavy atom. The summed E-state index contributed by atoms with van der Waals surface area (Å²) in [5.74, 6) is 0.310. The van der Waals surface area contributed by atoms with Crippen molar-refractivity contribution in [1.82, 2.24) is 0 Å². The molecular weight excluding hydrogens is 283 g/mol. The first-order valence-electron chi connectivity index (χ1n) is 5.28. The van der Waals surface area contributed by atoms with Gasteiger partial charge in [-0.05, 0) is 36.2 Å². The fourth-order valence-corrected chi connectivity index (χ4v) is 1.90. The van der Waals surface area contributed by atoms with E-state index >= 15 is 0 Å². The Morgan fingerprint density at radius 3 is 2.71 bits per heavy atom. The van der Waals surface area contributed by atoms with Crippen molar-refractivity contribution in [3.63, 3.8) is 0 Å². The summed E-state index contributed by atoms with van der Waals surface area (Å²) in [6.45, 7) is 2.16. The van der Waals surface area contributed by atoms with Gasteiger partial charge in [-0.2, -0.15) is 0 Å². The van der Waals surface area contributed by atoms with Crippen molar-refractivity contribution in [3.05, 3.63) is 63.9 Å². The average molecular weight is 295 g/mol. The molecule has 0 atom stereocenters. The van der Waals surface area contributed by atoms with Crippen LogP contribution in [0.5, 0.6) is 5.75 Å². The van der Waals surface area contributed by atoms with E-state index in [0.29, 0.717) is 17.9 Å². The lowest BCUT2D eigenvalue weighted by Crippen LogP contribution is -1.96. The Morgan fingerprint density at radius 2 is 2.00 bits per heavy atom. The summed E-state index contributed by atoms with van der Waals surface area (Å²) in [5, 5.41) is 0. The number of halogens is 2. The predicted octanol–water partition coefficient (Wildman–Crippen LogP) is 4.48. The zero-order valence-corrected chi connectivity index (χ0v) is 11.0. The third kappa shape index (κ3) is 3.30. The third-order valence-corrected chi connectivity index (χ3v) is 2.93. The summed E-state index contributed by atoms with van der Waals surface area (Å²) in [5.41, 5.74) is 1.67. The molecule has 0 aliphatic rings. The first-order valence-corrected chi connectivity index (χ1v) is 6.08. The summed E-state index contributed by atoms with van der Waals surface area (Å²) in [4.78, 5) is 0. The van der Waals surface area contributed by atoms with Crippen LogP contribution in [-0.4, -0.2) is 0 Å². The van der Waals surface area contributed by atoms with Crippen molar-refractivity contribution >= 4 is 15.9 Å². The molecule has 0 bridgehead atoms. The van der Waals surface area contributed by atoms with Crippen molar-refractivity contribution in [2.24, 2.45) is 0 Å². The molecule has 0 heterocycles. The number of hydrogen-bond donors (Lipinski definition) is 0. The Hall–Kier alpha value is -1.35. The lowest BCUT2D eigenvalue weighted by atomic mass is 10.2. The molecule has 0 aliphatic carbocycles. The molecule has 0 aliphatic heterocycles. The lowest BCUT2D eigenvalue weighted by Gasteiger charge is -2.07. The van der Waals surface area contributed by atoms with Crippen LogP contribution in [0.2, 0.25) is 0 Å². The Labute approximate surface area is 108 Å². The smallest absolute Gasteiger partial charge is 0.129 e. The lowest BCUT2D eigenvalue weighted by molar-refractivity contribution is 0.304. The van der Waals surface area contributed by atoms with E-state index in [9.17, 15) is 4.39 Å². The van der Waals surface area contributed by atoms with Crippen LogP contribution < -0.4 is 4.74 Å². The molecule has 1 nitrogen and oxygen atoms in total. The van der Waals surface area contributed by atoms with Gasteiger partial charge in [-0.25, -0.2) is 4.39 Å². The van der Waals surface area contributed by atoms with Crippen molar-refractivity contribution in [1.29, 1.82) is 0 Å². The van der Waals surface area contributed by atoms with Crippen LogP contribution in [0.3, 0.4) is 0 Å². The maximum atomic E-state index is 13.3. The van der Waals surface area contributed by atoms with E-state index in [2.05, 4.69) is 15.9 Å². The fourth-order valence-electron chi connectivity index (χ4n) is 1.46. The standard InChI is InChI=1S/C14H12BrFO/c1-10-5-6-13(8-14(10)16)17-9-11-3-2-4-12(15)7-11/h2-8H,9H2,1H3. The van der Waals surface area contributed by atoms with Gasteiger partial charge in [0.25, 0.3) is 0 Å². The largest absolute Gasteiger partial charge is 0.489 e. The van der Waals surface area contributed by atoms with Crippen LogP contribution >= 0.6 is 15.9 Å². The van der Waals surface area contributed by atoms with Crippen molar-refractivity contribution < 1.29 is 9.13 Å². The molecule has 0 amide bonds. The second-order valence-corrected chi connectivity index (χ2v) is 4.75. The van der Waals surface area contributed by atoms with Crippen LogP contribution in [0.1, 0.15) is 11.1 Å². The predicted molar refractivity (Wildman–Crippen MR) is 69.6 cm³/mol. The van der Waals surface area contributed by atoms with Gasteiger partial charge in [-0.1, -0.05) is 34.1 Å². The first-order chi connectivity index (χ1) is 8.15. The van der Waals surface area contributed by atoms with E-state index < -0.39 is 0 Å². The minimum absolute atomic E-state index is 0.239. The van der Waals surface area contributed by atoms with E-state index in [0.717, 1.165) is 10.0 Å². The highest BCUT2D eigenvalue weighted by Crippen LogP contribution is 2.18. The highest BCUT2D eigenvalue weighted by atomic mass is 79.9. The number of aryl methyl sites for hydroxylation is 1. The Kier molecular flexibility index (Phi) is 3.79. The highest BCUT2D eigenvalue weighted by molar-refractivity contribution is 9.10. The van der Waals surface area contributed by atoms with Crippen molar-refractivity contribution in [2.75, 3.05) is 0 Å². The highest BCUT2D eigenvalue weighted by Gasteiger charge is 2.01. The Balaban J connectivity index is 2.05. The first kappa shape index (κ1) is 12.1. The number of benzene rings is 2. The van der Waals surface area contributed by atoms with Crippen molar-refractivity contribution in [2.45, 2.75) is 13.5 Å². The Bertz CT molecular complexity index is 525. The topological polar surface area (TPSA) is 9.23 Å². The zero-order valence-electron chi connectivity index (χ0n) is 9.41. The van der Waals surface area contributed by atoms with E-state index in [1.165, 1.54) is 6.07 Å². The number of hydrogen-bond acceptors (Lipinski definition) is 1. The zero-order chi connectivity index (χ0) is 12.3. The van der Waals surface area contributed by atoms with Crippen LogP contribution in [0.25, 0.3) is 0 Å². The van der Waals surface area contributed by atoms with Gasteiger partial charge in [0.1, 0.15) is 18.2 Å². The SMILES string of the molecule is Cc1ccc(OCc2cccc(Br)c2)cc1F. The van der Waals surface area contributed by atoms with Gasteiger partial charge in [0.05, 0.1) is 0 Å². The second-order valence-electron chi connectivity index (χ2n) is 3.83. The average Bonchev–Trinajstić information content (AvgIpc) is 2.31. The number of ether oxygens (including phenoxy) is 1. The minimum atomic E-state index is -0.239. The van der Waals surface area contributed by atoms with Gasteiger partial charge in [0, 0.05) is 10.5 Å².